The van der Waals surface area contributed by atoms with E-state index in [-0.39, 0.29) is 29.8 Å². The van der Waals surface area contributed by atoms with Crippen molar-refractivity contribution in [1.29, 1.82) is 0 Å². The fourth-order valence-corrected chi connectivity index (χ4v) is 3.05. The Hall–Kier alpha value is -2.95. The van der Waals surface area contributed by atoms with Gasteiger partial charge >= 0.3 is 0 Å². The summed E-state index contributed by atoms with van der Waals surface area (Å²) in [6, 6.07) is 13.6. The van der Waals surface area contributed by atoms with Crippen LogP contribution in [0.25, 0.3) is 10.9 Å². The summed E-state index contributed by atoms with van der Waals surface area (Å²) in [6.45, 7) is 0.0206. The topological polar surface area (TPSA) is 51.1 Å². The third-order valence-electron chi connectivity index (χ3n) is 4.46. The van der Waals surface area contributed by atoms with Gasteiger partial charge in [-0.15, -0.1) is 0 Å². The normalized spacial score (nSPS) is 13.8. The van der Waals surface area contributed by atoms with Crippen molar-refractivity contribution in [3.8, 4) is 0 Å². The van der Waals surface area contributed by atoms with Gasteiger partial charge in [0.2, 0.25) is 5.91 Å². The van der Waals surface area contributed by atoms with Gasteiger partial charge in [0.25, 0.3) is 0 Å². The number of halogens is 1. The van der Waals surface area contributed by atoms with Gasteiger partial charge in [-0.1, -0.05) is 30.3 Å². The van der Waals surface area contributed by atoms with Gasteiger partial charge in [-0.3, -0.25) is 9.59 Å². The molecule has 0 atom stereocenters. The first kappa shape index (κ1) is 15.6. The van der Waals surface area contributed by atoms with Gasteiger partial charge in [-0.05, 0) is 31.0 Å². The lowest BCUT2D eigenvalue weighted by molar-refractivity contribution is -0.116. The van der Waals surface area contributed by atoms with Crippen molar-refractivity contribution in [3.05, 3.63) is 66.1 Å². The van der Waals surface area contributed by atoms with E-state index in [2.05, 4.69) is 5.32 Å². The zero-order chi connectivity index (χ0) is 17.4. The van der Waals surface area contributed by atoms with E-state index in [0.29, 0.717) is 5.56 Å². The molecule has 0 saturated heterocycles. The summed E-state index contributed by atoms with van der Waals surface area (Å²) in [5.41, 5.74) is 1.64. The number of amides is 1. The van der Waals surface area contributed by atoms with Crippen LogP contribution < -0.4 is 5.32 Å². The number of Topliss-reactive ketones (excluding diaryl/α,β-unsaturated/α-hetero) is 1. The van der Waals surface area contributed by atoms with Crippen molar-refractivity contribution in [3.63, 3.8) is 0 Å². The molecule has 1 amide bonds. The van der Waals surface area contributed by atoms with Gasteiger partial charge in [0.1, 0.15) is 12.4 Å². The van der Waals surface area contributed by atoms with Crippen LogP contribution >= 0.6 is 0 Å². The van der Waals surface area contributed by atoms with Crippen molar-refractivity contribution < 1.29 is 14.0 Å². The van der Waals surface area contributed by atoms with E-state index >= 15 is 0 Å². The number of benzene rings is 2. The molecule has 0 bridgehead atoms. The largest absolute Gasteiger partial charge is 0.337 e. The maximum Gasteiger partial charge on any atom is 0.244 e. The average Bonchev–Trinajstić information content (AvgIpc) is 3.40. The number of anilines is 1. The zero-order valence-electron chi connectivity index (χ0n) is 13.5. The molecule has 5 heteroatoms. The van der Waals surface area contributed by atoms with Crippen molar-refractivity contribution >= 4 is 28.3 Å². The number of hydrogen-bond acceptors (Lipinski definition) is 2. The number of aromatic nitrogens is 1. The van der Waals surface area contributed by atoms with Crippen LogP contribution in [0.2, 0.25) is 0 Å². The Kier molecular flexibility index (Phi) is 3.84. The molecule has 126 valence electrons. The molecule has 1 heterocycles. The Bertz CT molecular complexity index is 973. The van der Waals surface area contributed by atoms with Crippen LogP contribution in [0.3, 0.4) is 0 Å². The van der Waals surface area contributed by atoms with Crippen LogP contribution in [0.4, 0.5) is 10.1 Å². The number of nitrogens with one attached hydrogen (secondary N) is 1. The number of carbonyl (C=O) groups is 2. The molecule has 3 aromatic rings. The minimum atomic E-state index is -0.474. The molecule has 25 heavy (non-hydrogen) atoms. The summed E-state index contributed by atoms with van der Waals surface area (Å²) < 4.78 is 15.4. The third-order valence-corrected chi connectivity index (χ3v) is 4.46. The Balaban J connectivity index is 1.62. The summed E-state index contributed by atoms with van der Waals surface area (Å²) in [6.07, 6.45) is 3.62. The molecule has 1 aliphatic carbocycles. The van der Waals surface area contributed by atoms with Crippen molar-refractivity contribution in [2.24, 2.45) is 5.92 Å². The van der Waals surface area contributed by atoms with E-state index in [1.165, 1.54) is 12.1 Å². The number of rotatable bonds is 5. The molecule has 1 aromatic heterocycles. The fourth-order valence-electron chi connectivity index (χ4n) is 3.05. The first-order valence-electron chi connectivity index (χ1n) is 8.30. The first-order valence-corrected chi connectivity index (χ1v) is 8.30. The van der Waals surface area contributed by atoms with E-state index in [0.717, 1.165) is 23.7 Å². The molecule has 1 fully saturated rings. The van der Waals surface area contributed by atoms with Crippen LogP contribution in [-0.4, -0.2) is 16.3 Å². The van der Waals surface area contributed by atoms with Gasteiger partial charge < -0.3 is 9.88 Å². The molecule has 0 spiro atoms. The number of ketones is 1. The van der Waals surface area contributed by atoms with Crippen LogP contribution in [0.5, 0.6) is 0 Å². The molecule has 1 N–H and O–H groups in total. The van der Waals surface area contributed by atoms with Gasteiger partial charge in [0.05, 0.1) is 5.69 Å². The number of hydrogen-bond donors (Lipinski definition) is 1. The molecular weight excluding hydrogens is 319 g/mol. The molecule has 0 aliphatic heterocycles. The maximum absolute atomic E-state index is 13.7. The number of nitrogens with zero attached hydrogens (tertiary/aromatic N) is 1. The molecule has 2 aromatic carbocycles. The second-order valence-electron chi connectivity index (χ2n) is 6.35. The summed E-state index contributed by atoms with van der Waals surface area (Å²) in [5, 5.41) is 3.44. The molecule has 1 aliphatic rings. The Morgan fingerprint density at radius 2 is 1.80 bits per heavy atom. The lowest BCUT2D eigenvalue weighted by Crippen LogP contribution is -2.19. The standard InChI is InChI=1S/C20H17FN2O2/c21-16-6-2-3-7-17(16)22-19(24)12-23-11-15(20(25)13-9-10-13)14-5-1-4-8-18(14)23/h1-8,11,13H,9-10,12H2,(H,22,24). The highest BCUT2D eigenvalue weighted by molar-refractivity contribution is 6.10. The zero-order valence-corrected chi connectivity index (χ0v) is 13.5. The van der Waals surface area contributed by atoms with E-state index in [9.17, 15) is 14.0 Å². The highest BCUT2D eigenvalue weighted by Gasteiger charge is 2.32. The molecule has 1 saturated carbocycles. The number of carbonyl (C=O) groups excluding carboxylic acids is 2. The lowest BCUT2D eigenvalue weighted by Gasteiger charge is -2.08. The monoisotopic (exact) mass is 336 g/mol. The van der Waals surface area contributed by atoms with Gasteiger partial charge in [0.15, 0.2) is 5.78 Å². The van der Waals surface area contributed by atoms with Crippen LogP contribution in [0, 0.1) is 11.7 Å². The van der Waals surface area contributed by atoms with Crippen LogP contribution in [-0.2, 0) is 11.3 Å². The Morgan fingerprint density at radius 1 is 1.08 bits per heavy atom. The van der Waals surface area contributed by atoms with Gasteiger partial charge in [0, 0.05) is 28.6 Å². The minimum absolute atomic E-state index is 0.0206. The third kappa shape index (κ3) is 3.05. The lowest BCUT2D eigenvalue weighted by atomic mass is 10.1. The van der Waals surface area contributed by atoms with Crippen LogP contribution in [0.1, 0.15) is 23.2 Å². The molecule has 0 radical (unpaired) electrons. The van der Waals surface area contributed by atoms with Crippen molar-refractivity contribution in [2.45, 2.75) is 19.4 Å². The van der Waals surface area contributed by atoms with E-state index < -0.39 is 5.82 Å². The number of para-hydroxylation sites is 2. The second kappa shape index (κ2) is 6.16. The number of fused-ring (bicyclic) bond motifs is 1. The minimum Gasteiger partial charge on any atom is -0.337 e. The Labute approximate surface area is 144 Å². The smallest absolute Gasteiger partial charge is 0.244 e. The summed E-state index contributed by atoms with van der Waals surface area (Å²) in [7, 11) is 0. The highest BCUT2D eigenvalue weighted by Crippen LogP contribution is 2.35. The molecule has 4 rings (SSSR count). The summed E-state index contributed by atoms with van der Waals surface area (Å²) in [4.78, 5) is 24.8. The molecule has 0 unspecified atom stereocenters. The highest BCUT2D eigenvalue weighted by atomic mass is 19.1. The van der Waals surface area contributed by atoms with Gasteiger partial charge in [-0.2, -0.15) is 0 Å². The molecular formula is C20H17FN2O2. The summed E-state index contributed by atoms with van der Waals surface area (Å²) in [5.74, 6) is -0.551. The predicted molar refractivity (Wildman–Crippen MR) is 94.0 cm³/mol. The second-order valence-corrected chi connectivity index (χ2v) is 6.35. The SMILES string of the molecule is O=C(Cn1cc(C(=O)C2CC2)c2ccccc21)Nc1ccccc1F. The van der Waals surface area contributed by atoms with Crippen molar-refractivity contribution in [1.82, 2.24) is 4.57 Å². The predicted octanol–water partition coefficient (Wildman–Crippen LogP) is 4.01. The average molecular weight is 336 g/mol. The maximum atomic E-state index is 13.7. The van der Waals surface area contributed by atoms with E-state index in [1.54, 1.807) is 22.9 Å². The quantitative estimate of drug-likeness (QED) is 0.716. The van der Waals surface area contributed by atoms with E-state index in [4.69, 9.17) is 0 Å². The fraction of sp³-hybridized carbons (Fsp3) is 0.200. The van der Waals surface area contributed by atoms with E-state index in [1.807, 2.05) is 24.3 Å². The molecule has 4 nitrogen and oxygen atoms in total. The van der Waals surface area contributed by atoms with Crippen LogP contribution in [0.15, 0.2) is 54.7 Å². The van der Waals surface area contributed by atoms with Gasteiger partial charge in [-0.25, -0.2) is 4.39 Å². The summed E-state index contributed by atoms with van der Waals surface area (Å²) >= 11 is 0. The first-order chi connectivity index (χ1) is 12.1. The Morgan fingerprint density at radius 3 is 2.56 bits per heavy atom. The van der Waals surface area contributed by atoms with Crippen molar-refractivity contribution in [2.75, 3.05) is 5.32 Å².